The summed E-state index contributed by atoms with van der Waals surface area (Å²) in [6.45, 7) is 5.55. The van der Waals surface area contributed by atoms with Crippen molar-refractivity contribution in [2.45, 2.75) is 45.4 Å². The van der Waals surface area contributed by atoms with E-state index in [0.29, 0.717) is 5.92 Å². The molecule has 102 valence electrons. The maximum Gasteiger partial charge on any atom is 0.105 e. The molecular formula is C15H27N3. The van der Waals surface area contributed by atoms with Gasteiger partial charge in [-0.2, -0.15) is 0 Å². The number of nitrogens with zero attached hydrogens (tertiary/aromatic N) is 2. The van der Waals surface area contributed by atoms with E-state index in [9.17, 15) is 0 Å². The second kappa shape index (κ2) is 5.87. The smallest absolute Gasteiger partial charge is 0.105 e. The van der Waals surface area contributed by atoms with Crippen LogP contribution in [0.2, 0.25) is 0 Å². The molecule has 3 atom stereocenters. The third-order valence-electron chi connectivity index (χ3n) is 4.78. The molecule has 0 radical (unpaired) electrons. The van der Waals surface area contributed by atoms with E-state index in [1.54, 1.807) is 0 Å². The summed E-state index contributed by atoms with van der Waals surface area (Å²) in [5, 5.41) is 3.37. The number of imidazole rings is 1. The molecule has 3 nitrogen and oxygen atoms in total. The summed E-state index contributed by atoms with van der Waals surface area (Å²) in [5.74, 6) is 3.49. The van der Waals surface area contributed by atoms with Gasteiger partial charge in [0.25, 0.3) is 0 Å². The molecule has 0 aromatic carbocycles. The van der Waals surface area contributed by atoms with Crippen LogP contribution in [0, 0.1) is 18.8 Å². The third kappa shape index (κ3) is 2.61. The molecule has 2 rings (SSSR count). The molecular weight excluding hydrogens is 222 g/mol. The number of hydrogen-bond donors (Lipinski definition) is 1. The molecule has 0 amide bonds. The Morgan fingerprint density at radius 2 is 2.22 bits per heavy atom. The fourth-order valence-corrected chi connectivity index (χ4v) is 3.42. The number of aryl methyl sites for hydroxylation is 1. The Morgan fingerprint density at radius 3 is 2.78 bits per heavy atom. The Kier molecular flexibility index (Phi) is 4.44. The van der Waals surface area contributed by atoms with E-state index in [1.807, 2.05) is 0 Å². The van der Waals surface area contributed by atoms with E-state index in [1.165, 1.54) is 31.4 Å². The lowest BCUT2D eigenvalue weighted by Gasteiger charge is -2.36. The van der Waals surface area contributed by atoms with Crippen LogP contribution in [-0.4, -0.2) is 23.1 Å². The third-order valence-corrected chi connectivity index (χ3v) is 4.78. The second-order valence-electron chi connectivity index (χ2n) is 5.80. The fraction of sp³-hybridized carbons (Fsp3) is 0.800. The minimum atomic E-state index is 0.683. The average molecular weight is 249 g/mol. The summed E-state index contributed by atoms with van der Waals surface area (Å²) >= 11 is 0. The number of rotatable bonds is 4. The standard InChI is InChI=1S/C15H27N3/c1-5-12-6-7-13(9-16-3)14(8-12)15-10-17-11(2)18(15)4/h10,12-14,16H,5-9H2,1-4H3. The van der Waals surface area contributed by atoms with Crippen LogP contribution in [0.15, 0.2) is 6.20 Å². The topological polar surface area (TPSA) is 29.9 Å². The number of aromatic nitrogens is 2. The molecule has 1 aromatic rings. The molecule has 1 aliphatic rings. The van der Waals surface area contributed by atoms with Crippen molar-refractivity contribution in [2.24, 2.45) is 18.9 Å². The van der Waals surface area contributed by atoms with E-state index < -0.39 is 0 Å². The summed E-state index contributed by atoms with van der Waals surface area (Å²) in [7, 11) is 4.22. The van der Waals surface area contributed by atoms with Crippen LogP contribution in [0.5, 0.6) is 0 Å². The first kappa shape index (κ1) is 13.6. The zero-order valence-corrected chi connectivity index (χ0v) is 12.2. The average Bonchev–Trinajstić information content (AvgIpc) is 2.71. The van der Waals surface area contributed by atoms with E-state index >= 15 is 0 Å². The number of nitrogens with one attached hydrogen (secondary N) is 1. The van der Waals surface area contributed by atoms with Crippen LogP contribution in [0.4, 0.5) is 0 Å². The zero-order valence-electron chi connectivity index (χ0n) is 12.2. The van der Waals surface area contributed by atoms with E-state index in [4.69, 9.17) is 0 Å². The normalized spacial score (nSPS) is 28.6. The van der Waals surface area contributed by atoms with Crippen molar-refractivity contribution in [3.63, 3.8) is 0 Å². The van der Waals surface area contributed by atoms with Gasteiger partial charge in [0.05, 0.1) is 0 Å². The molecule has 0 bridgehead atoms. The van der Waals surface area contributed by atoms with Crippen molar-refractivity contribution < 1.29 is 0 Å². The highest BCUT2D eigenvalue weighted by molar-refractivity contribution is 5.13. The predicted molar refractivity (Wildman–Crippen MR) is 75.7 cm³/mol. The first-order valence-corrected chi connectivity index (χ1v) is 7.30. The van der Waals surface area contributed by atoms with Crippen molar-refractivity contribution in [1.82, 2.24) is 14.9 Å². The van der Waals surface area contributed by atoms with E-state index in [-0.39, 0.29) is 0 Å². The largest absolute Gasteiger partial charge is 0.335 e. The maximum atomic E-state index is 4.48. The second-order valence-corrected chi connectivity index (χ2v) is 5.80. The fourth-order valence-electron chi connectivity index (χ4n) is 3.42. The Hall–Kier alpha value is -0.830. The predicted octanol–water partition coefficient (Wildman–Crippen LogP) is 2.86. The summed E-state index contributed by atoms with van der Waals surface area (Å²) in [5.41, 5.74) is 1.44. The Labute approximate surface area is 111 Å². The highest BCUT2D eigenvalue weighted by atomic mass is 15.1. The van der Waals surface area contributed by atoms with Gasteiger partial charge in [-0.15, -0.1) is 0 Å². The molecule has 0 spiro atoms. The first-order valence-electron chi connectivity index (χ1n) is 7.30. The first-order chi connectivity index (χ1) is 8.67. The molecule has 1 aromatic heterocycles. The van der Waals surface area contributed by atoms with Crippen LogP contribution >= 0.6 is 0 Å². The minimum absolute atomic E-state index is 0.683. The van der Waals surface area contributed by atoms with Gasteiger partial charge in [-0.05, 0) is 45.2 Å². The summed E-state index contributed by atoms with van der Waals surface area (Å²) < 4.78 is 2.28. The monoisotopic (exact) mass is 249 g/mol. The molecule has 18 heavy (non-hydrogen) atoms. The maximum absolute atomic E-state index is 4.48. The molecule has 0 aliphatic heterocycles. The van der Waals surface area contributed by atoms with Gasteiger partial charge >= 0.3 is 0 Å². The van der Waals surface area contributed by atoms with Crippen LogP contribution in [0.3, 0.4) is 0 Å². The van der Waals surface area contributed by atoms with E-state index in [2.05, 4.69) is 49.0 Å². The lowest BCUT2D eigenvalue weighted by Crippen LogP contribution is -2.31. The summed E-state index contributed by atoms with van der Waals surface area (Å²) in [6.07, 6.45) is 7.51. The van der Waals surface area contributed by atoms with Gasteiger partial charge < -0.3 is 9.88 Å². The van der Waals surface area contributed by atoms with Gasteiger partial charge in [0.2, 0.25) is 0 Å². The van der Waals surface area contributed by atoms with Crippen molar-refractivity contribution in [1.29, 1.82) is 0 Å². The molecule has 0 saturated heterocycles. The van der Waals surface area contributed by atoms with Crippen LogP contribution in [0.25, 0.3) is 0 Å². The van der Waals surface area contributed by atoms with Gasteiger partial charge in [-0.1, -0.05) is 19.8 Å². The van der Waals surface area contributed by atoms with Crippen molar-refractivity contribution in [3.8, 4) is 0 Å². The Morgan fingerprint density at radius 1 is 1.44 bits per heavy atom. The highest BCUT2D eigenvalue weighted by Gasteiger charge is 2.32. The van der Waals surface area contributed by atoms with Gasteiger partial charge in [0, 0.05) is 24.9 Å². The van der Waals surface area contributed by atoms with Crippen molar-refractivity contribution >= 4 is 0 Å². The SMILES string of the molecule is CCC1CCC(CNC)C(c2cnc(C)n2C)C1. The quantitative estimate of drug-likeness (QED) is 0.889. The lowest BCUT2D eigenvalue weighted by molar-refractivity contribution is 0.222. The van der Waals surface area contributed by atoms with Crippen LogP contribution < -0.4 is 5.32 Å². The minimum Gasteiger partial charge on any atom is -0.335 e. The molecule has 1 heterocycles. The highest BCUT2D eigenvalue weighted by Crippen LogP contribution is 2.41. The van der Waals surface area contributed by atoms with Gasteiger partial charge in [-0.25, -0.2) is 4.98 Å². The molecule has 1 aliphatic carbocycles. The zero-order chi connectivity index (χ0) is 13.1. The summed E-state index contributed by atoms with van der Waals surface area (Å²) in [4.78, 5) is 4.48. The van der Waals surface area contributed by atoms with Gasteiger partial charge in [-0.3, -0.25) is 0 Å². The molecule has 1 saturated carbocycles. The Bertz CT molecular complexity index is 383. The Balaban J connectivity index is 2.21. The van der Waals surface area contributed by atoms with E-state index in [0.717, 1.165) is 24.2 Å². The van der Waals surface area contributed by atoms with Crippen molar-refractivity contribution in [2.75, 3.05) is 13.6 Å². The van der Waals surface area contributed by atoms with Gasteiger partial charge in [0.1, 0.15) is 5.82 Å². The van der Waals surface area contributed by atoms with Crippen molar-refractivity contribution in [3.05, 3.63) is 17.7 Å². The van der Waals surface area contributed by atoms with Gasteiger partial charge in [0.15, 0.2) is 0 Å². The van der Waals surface area contributed by atoms with Crippen LogP contribution in [0.1, 0.15) is 50.0 Å². The lowest BCUT2D eigenvalue weighted by atomic mass is 9.72. The summed E-state index contributed by atoms with van der Waals surface area (Å²) in [6, 6.07) is 0. The van der Waals surface area contributed by atoms with Crippen LogP contribution in [-0.2, 0) is 7.05 Å². The molecule has 1 fully saturated rings. The number of hydrogen-bond acceptors (Lipinski definition) is 2. The molecule has 3 heteroatoms. The molecule has 1 N–H and O–H groups in total. The molecule has 3 unspecified atom stereocenters.